The highest BCUT2D eigenvalue weighted by atomic mass is 127. The number of Topliss-reactive ketones (excluding diaryl/α,β-unsaturated/α-hetero) is 2. The summed E-state index contributed by atoms with van der Waals surface area (Å²) in [7, 11) is 0. The summed E-state index contributed by atoms with van der Waals surface area (Å²) in [5.41, 5.74) is -0.582. The van der Waals surface area contributed by atoms with Crippen molar-refractivity contribution in [3.8, 4) is 0 Å². The smallest absolute Gasteiger partial charge is 0.241 e. The standard InChI is InChI=1S/C26H15BrINO5/c27-14-7-5-6-13(12-14)21-19-20(25(33)29(24(19)32)18-11-4-3-10-17(18)28)26(34-21)22(30)15-8-1-2-9-16(15)23(26)31/h1-12,19-21H/t19-,20-,21+/m1/s1. The van der Waals surface area contributed by atoms with Crippen molar-refractivity contribution in [3.63, 3.8) is 0 Å². The first kappa shape index (κ1) is 21.8. The van der Waals surface area contributed by atoms with Gasteiger partial charge in [0.15, 0.2) is 0 Å². The number of hydrogen-bond donors (Lipinski definition) is 0. The molecule has 168 valence electrons. The molecule has 2 fully saturated rings. The van der Waals surface area contributed by atoms with Crippen LogP contribution in [0.3, 0.4) is 0 Å². The Balaban J connectivity index is 1.57. The molecule has 1 spiro atoms. The van der Waals surface area contributed by atoms with E-state index in [9.17, 15) is 19.2 Å². The minimum absolute atomic E-state index is 0.217. The number of anilines is 1. The number of carbonyl (C=O) groups excluding carboxylic acids is 4. The van der Waals surface area contributed by atoms with E-state index in [1.165, 1.54) is 0 Å². The number of benzene rings is 3. The van der Waals surface area contributed by atoms with E-state index in [-0.39, 0.29) is 11.1 Å². The Morgan fingerprint density at radius 2 is 1.47 bits per heavy atom. The largest absolute Gasteiger partial charge is 0.349 e. The number of carbonyl (C=O) groups is 4. The second-order valence-corrected chi connectivity index (χ2v) is 10.6. The Morgan fingerprint density at radius 1 is 0.824 bits per heavy atom. The SMILES string of the molecule is O=C1[C@H]2[C@H](c3cccc(Br)c3)OC3(C(=O)c4ccccc4C3=O)[C@H]2C(=O)N1c1ccccc1I. The number of fused-ring (bicyclic) bond motifs is 3. The number of ether oxygens (including phenoxy) is 1. The van der Waals surface area contributed by atoms with E-state index < -0.39 is 46.9 Å². The van der Waals surface area contributed by atoms with Crippen LogP contribution in [0.15, 0.2) is 77.3 Å². The number of ketones is 2. The lowest BCUT2D eigenvalue weighted by atomic mass is 9.77. The topological polar surface area (TPSA) is 80.8 Å². The highest BCUT2D eigenvalue weighted by Crippen LogP contribution is 2.58. The normalized spacial score (nSPS) is 24.8. The quantitative estimate of drug-likeness (QED) is 0.233. The van der Waals surface area contributed by atoms with Crippen LogP contribution in [0.5, 0.6) is 0 Å². The first-order valence-electron chi connectivity index (χ1n) is 10.6. The van der Waals surface area contributed by atoms with E-state index in [0.29, 0.717) is 14.8 Å². The van der Waals surface area contributed by atoms with Crippen LogP contribution >= 0.6 is 38.5 Å². The summed E-state index contributed by atoms with van der Waals surface area (Å²) in [6.45, 7) is 0. The predicted molar refractivity (Wildman–Crippen MR) is 134 cm³/mol. The lowest BCUT2D eigenvalue weighted by Crippen LogP contribution is -2.51. The van der Waals surface area contributed by atoms with Crippen molar-refractivity contribution >= 4 is 67.6 Å². The van der Waals surface area contributed by atoms with E-state index in [2.05, 4.69) is 38.5 Å². The van der Waals surface area contributed by atoms with Crippen molar-refractivity contribution in [1.29, 1.82) is 0 Å². The Morgan fingerprint density at radius 3 is 2.12 bits per heavy atom. The predicted octanol–water partition coefficient (Wildman–Crippen LogP) is 4.75. The van der Waals surface area contributed by atoms with Crippen LogP contribution in [0.4, 0.5) is 5.69 Å². The lowest BCUT2D eigenvalue weighted by molar-refractivity contribution is -0.127. The van der Waals surface area contributed by atoms with Gasteiger partial charge in [-0.3, -0.25) is 19.2 Å². The fourth-order valence-electron chi connectivity index (χ4n) is 5.37. The minimum atomic E-state index is -2.07. The zero-order chi connectivity index (χ0) is 23.8. The summed E-state index contributed by atoms with van der Waals surface area (Å²) < 4.78 is 7.76. The zero-order valence-corrected chi connectivity index (χ0v) is 21.1. The van der Waals surface area contributed by atoms with Gasteiger partial charge in [0.2, 0.25) is 29.0 Å². The van der Waals surface area contributed by atoms with Crippen LogP contribution in [-0.4, -0.2) is 29.0 Å². The van der Waals surface area contributed by atoms with E-state index >= 15 is 0 Å². The summed E-state index contributed by atoms with van der Waals surface area (Å²) in [6.07, 6.45) is -0.937. The summed E-state index contributed by atoms with van der Waals surface area (Å²) >= 11 is 5.50. The molecule has 2 aliphatic heterocycles. The average molecular weight is 628 g/mol. The molecule has 3 aromatic rings. The highest BCUT2D eigenvalue weighted by Gasteiger charge is 2.74. The van der Waals surface area contributed by atoms with Crippen LogP contribution in [0.2, 0.25) is 0 Å². The number of nitrogens with zero attached hydrogens (tertiary/aromatic N) is 1. The van der Waals surface area contributed by atoms with Gasteiger partial charge in [-0.2, -0.15) is 0 Å². The van der Waals surface area contributed by atoms with Crippen LogP contribution < -0.4 is 4.90 Å². The van der Waals surface area contributed by atoms with Gasteiger partial charge in [-0.05, 0) is 52.4 Å². The van der Waals surface area contributed by atoms with Crippen LogP contribution in [-0.2, 0) is 14.3 Å². The molecular formula is C26H15BrINO5. The molecule has 0 N–H and O–H groups in total. The monoisotopic (exact) mass is 627 g/mol. The number of para-hydroxylation sites is 1. The maximum atomic E-state index is 13.9. The third-order valence-corrected chi connectivity index (χ3v) is 8.20. The van der Waals surface area contributed by atoms with Crippen molar-refractivity contribution in [2.45, 2.75) is 11.7 Å². The van der Waals surface area contributed by atoms with Crippen molar-refractivity contribution in [1.82, 2.24) is 0 Å². The van der Waals surface area contributed by atoms with Gasteiger partial charge < -0.3 is 4.74 Å². The van der Waals surface area contributed by atoms with Crippen molar-refractivity contribution in [2.24, 2.45) is 11.8 Å². The molecule has 2 heterocycles. The second kappa shape index (κ2) is 7.66. The number of amides is 2. The second-order valence-electron chi connectivity index (χ2n) is 8.50. The molecule has 3 atom stereocenters. The van der Waals surface area contributed by atoms with Crippen molar-refractivity contribution in [2.75, 3.05) is 4.90 Å². The zero-order valence-electron chi connectivity index (χ0n) is 17.4. The highest BCUT2D eigenvalue weighted by molar-refractivity contribution is 14.1. The molecular weight excluding hydrogens is 613 g/mol. The van der Waals surface area contributed by atoms with Crippen molar-refractivity contribution < 1.29 is 23.9 Å². The van der Waals surface area contributed by atoms with Gasteiger partial charge >= 0.3 is 0 Å². The Hall–Kier alpha value is -2.69. The molecule has 2 saturated heterocycles. The van der Waals surface area contributed by atoms with Crippen LogP contribution in [0.1, 0.15) is 32.4 Å². The van der Waals surface area contributed by atoms with Crippen LogP contribution in [0.25, 0.3) is 0 Å². The average Bonchev–Trinajstić information content (AvgIpc) is 3.40. The molecule has 2 amide bonds. The molecule has 0 aromatic heterocycles. The minimum Gasteiger partial charge on any atom is -0.349 e. The number of rotatable bonds is 2. The molecule has 6 nitrogen and oxygen atoms in total. The maximum Gasteiger partial charge on any atom is 0.241 e. The molecule has 6 rings (SSSR count). The molecule has 3 aromatic carbocycles. The van der Waals surface area contributed by atoms with E-state index in [4.69, 9.17) is 4.74 Å². The Bertz CT molecular complexity index is 1400. The lowest BCUT2D eigenvalue weighted by Gasteiger charge is -2.27. The fraction of sp³-hybridized carbons (Fsp3) is 0.154. The molecule has 0 unspecified atom stereocenters. The number of hydrogen-bond acceptors (Lipinski definition) is 5. The van der Waals surface area contributed by atoms with Gasteiger partial charge in [-0.1, -0.05) is 64.5 Å². The Kier molecular flexibility index (Phi) is 4.91. The van der Waals surface area contributed by atoms with Gasteiger partial charge in [0, 0.05) is 19.2 Å². The van der Waals surface area contributed by atoms with Gasteiger partial charge in [-0.25, -0.2) is 4.90 Å². The summed E-state index contributed by atoms with van der Waals surface area (Å²) in [5.74, 6) is -4.46. The molecule has 0 saturated carbocycles. The van der Waals surface area contributed by atoms with Gasteiger partial charge in [-0.15, -0.1) is 0 Å². The van der Waals surface area contributed by atoms with E-state index in [1.54, 1.807) is 60.7 Å². The summed E-state index contributed by atoms with van der Waals surface area (Å²) in [4.78, 5) is 56.3. The van der Waals surface area contributed by atoms with Gasteiger partial charge in [0.1, 0.15) is 0 Å². The molecule has 8 heteroatoms. The van der Waals surface area contributed by atoms with Gasteiger partial charge in [0.25, 0.3) is 0 Å². The molecule has 0 radical (unpaired) electrons. The molecule has 1 aliphatic carbocycles. The van der Waals surface area contributed by atoms with Crippen LogP contribution in [0, 0.1) is 15.4 Å². The maximum absolute atomic E-state index is 13.9. The van der Waals surface area contributed by atoms with Gasteiger partial charge in [0.05, 0.1) is 23.6 Å². The first-order valence-corrected chi connectivity index (χ1v) is 12.5. The van der Waals surface area contributed by atoms with E-state index in [1.807, 2.05) is 12.1 Å². The Labute approximate surface area is 216 Å². The molecule has 0 bridgehead atoms. The third-order valence-electron chi connectivity index (χ3n) is 6.79. The fourth-order valence-corrected chi connectivity index (χ4v) is 6.42. The summed E-state index contributed by atoms with van der Waals surface area (Å²) in [5, 5.41) is 0. The molecule has 34 heavy (non-hydrogen) atoms. The van der Waals surface area contributed by atoms with E-state index in [0.717, 1.165) is 9.37 Å². The number of imide groups is 1. The molecule has 3 aliphatic rings. The summed E-state index contributed by atoms with van der Waals surface area (Å²) in [6, 6.07) is 20.7. The first-order chi connectivity index (χ1) is 16.4. The van der Waals surface area contributed by atoms with Crippen molar-refractivity contribution in [3.05, 3.63) is 97.5 Å². The number of halogens is 2. The third kappa shape index (κ3) is 2.76.